The molecule has 14 heavy (non-hydrogen) atoms. The molecule has 1 fully saturated rings. The molecule has 0 aliphatic carbocycles. The van der Waals surface area contributed by atoms with Crippen molar-refractivity contribution in [3.63, 3.8) is 0 Å². The van der Waals surface area contributed by atoms with Gasteiger partial charge in [-0.3, -0.25) is 10.2 Å². The van der Waals surface area contributed by atoms with Gasteiger partial charge < -0.3 is 15.5 Å². The molecule has 2 heterocycles. The molecule has 0 aromatic carbocycles. The number of hydrazine groups is 1. The van der Waals surface area contributed by atoms with Gasteiger partial charge in [-0.2, -0.15) is 0 Å². The van der Waals surface area contributed by atoms with Crippen LogP contribution in [0.1, 0.15) is 0 Å². The number of aromatic nitrogens is 2. The molecule has 0 spiro atoms. The SMILES string of the molecule is CN1CC(Nc2nnc(N)o2)C(=O)N1. The molecule has 1 unspecified atom stereocenters. The summed E-state index contributed by atoms with van der Waals surface area (Å²) < 4.78 is 4.87. The van der Waals surface area contributed by atoms with Gasteiger partial charge in [-0.05, 0) is 0 Å². The summed E-state index contributed by atoms with van der Waals surface area (Å²) in [6.07, 6.45) is 0. The van der Waals surface area contributed by atoms with Crippen molar-refractivity contribution in [3.05, 3.63) is 0 Å². The molecular weight excluding hydrogens is 188 g/mol. The fourth-order valence-corrected chi connectivity index (χ4v) is 1.22. The van der Waals surface area contributed by atoms with Crippen LogP contribution in [0.5, 0.6) is 0 Å². The van der Waals surface area contributed by atoms with E-state index in [1.165, 1.54) is 0 Å². The van der Waals surface area contributed by atoms with Crippen molar-refractivity contribution in [3.8, 4) is 0 Å². The van der Waals surface area contributed by atoms with Crippen molar-refractivity contribution >= 4 is 17.9 Å². The molecule has 0 radical (unpaired) electrons. The third kappa shape index (κ3) is 1.59. The molecule has 1 aliphatic rings. The van der Waals surface area contributed by atoms with Gasteiger partial charge in [0, 0.05) is 13.6 Å². The Balaban J connectivity index is 2.01. The molecule has 8 nitrogen and oxygen atoms in total. The highest BCUT2D eigenvalue weighted by molar-refractivity contribution is 5.85. The zero-order valence-electron chi connectivity index (χ0n) is 7.52. The molecule has 1 saturated heterocycles. The number of carbonyl (C=O) groups excluding carboxylic acids is 1. The second-order valence-corrected chi connectivity index (χ2v) is 3.00. The topological polar surface area (TPSA) is 109 Å². The van der Waals surface area contributed by atoms with Crippen LogP contribution >= 0.6 is 0 Å². The fraction of sp³-hybridized carbons (Fsp3) is 0.500. The summed E-state index contributed by atoms with van der Waals surface area (Å²) in [5.41, 5.74) is 7.83. The molecule has 4 N–H and O–H groups in total. The van der Waals surface area contributed by atoms with Crippen LogP contribution in [0.2, 0.25) is 0 Å². The van der Waals surface area contributed by atoms with Crippen molar-refractivity contribution in [1.29, 1.82) is 0 Å². The van der Waals surface area contributed by atoms with E-state index in [1.807, 2.05) is 0 Å². The number of rotatable bonds is 2. The van der Waals surface area contributed by atoms with E-state index >= 15 is 0 Å². The number of hydrogen-bond acceptors (Lipinski definition) is 7. The van der Waals surface area contributed by atoms with Crippen molar-refractivity contribution in [1.82, 2.24) is 20.6 Å². The standard InChI is InChI=1S/C6H10N6O2/c1-12-2-3(4(13)11-12)8-6-10-9-5(7)14-6/h3H,2H2,1H3,(H2,7,9)(H,8,10)(H,11,13). The average Bonchev–Trinajstić information content (AvgIpc) is 2.61. The van der Waals surface area contributed by atoms with Gasteiger partial charge in [-0.25, -0.2) is 5.01 Å². The van der Waals surface area contributed by atoms with Gasteiger partial charge in [0.25, 0.3) is 5.91 Å². The number of nitrogen functional groups attached to an aromatic ring is 1. The summed E-state index contributed by atoms with van der Waals surface area (Å²) >= 11 is 0. The Hall–Kier alpha value is -1.83. The molecule has 1 aromatic heterocycles. The number of hydrogen-bond donors (Lipinski definition) is 3. The highest BCUT2D eigenvalue weighted by Crippen LogP contribution is 2.10. The second-order valence-electron chi connectivity index (χ2n) is 3.00. The van der Waals surface area contributed by atoms with Crippen molar-refractivity contribution in [2.45, 2.75) is 6.04 Å². The van der Waals surface area contributed by atoms with E-state index in [0.717, 1.165) is 0 Å². The third-order valence-electron chi connectivity index (χ3n) is 1.81. The molecule has 8 heteroatoms. The molecular formula is C6H10N6O2. The van der Waals surface area contributed by atoms with Gasteiger partial charge in [-0.1, -0.05) is 10.2 Å². The van der Waals surface area contributed by atoms with Crippen LogP contribution in [-0.4, -0.2) is 40.7 Å². The van der Waals surface area contributed by atoms with Crippen LogP contribution < -0.4 is 16.5 Å². The Morgan fingerprint density at radius 3 is 3.00 bits per heavy atom. The lowest BCUT2D eigenvalue weighted by Crippen LogP contribution is -2.31. The number of likely N-dealkylation sites (N-methyl/N-ethyl adjacent to an activating group) is 1. The number of nitrogens with one attached hydrogen (secondary N) is 2. The van der Waals surface area contributed by atoms with Crippen LogP contribution in [0.15, 0.2) is 4.42 Å². The van der Waals surface area contributed by atoms with Crippen molar-refractivity contribution < 1.29 is 9.21 Å². The molecule has 76 valence electrons. The number of nitrogens with zero attached hydrogens (tertiary/aromatic N) is 3. The minimum Gasteiger partial charge on any atom is -0.390 e. The summed E-state index contributed by atoms with van der Waals surface area (Å²) in [7, 11) is 1.77. The third-order valence-corrected chi connectivity index (χ3v) is 1.81. The van der Waals surface area contributed by atoms with E-state index in [1.54, 1.807) is 12.1 Å². The average molecular weight is 198 g/mol. The van der Waals surface area contributed by atoms with Gasteiger partial charge in [0.2, 0.25) is 0 Å². The highest BCUT2D eigenvalue weighted by Gasteiger charge is 2.29. The van der Waals surface area contributed by atoms with Crippen LogP contribution in [-0.2, 0) is 4.79 Å². The lowest BCUT2D eigenvalue weighted by molar-refractivity contribution is -0.121. The normalized spacial score (nSPS) is 22.4. The Kier molecular flexibility index (Phi) is 1.97. The van der Waals surface area contributed by atoms with Crippen LogP contribution in [0, 0.1) is 0 Å². The maximum absolute atomic E-state index is 11.3. The van der Waals surface area contributed by atoms with Crippen LogP contribution in [0.3, 0.4) is 0 Å². The second kappa shape index (κ2) is 3.14. The van der Waals surface area contributed by atoms with Crippen LogP contribution in [0.4, 0.5) is 12.0 Å². The fourth-order valence-electron chi connectivity index (χ4n) is 1.22. The van der Waals surface area contributed by atoms with Crippen molar-refractivity contribution in [2.75, 3.05) is 24.6 Å². The first-order valence-electron chi connectivity index (χ1n) is 4.02. The van der Waals surface area contributed by atoms with E-state index in [9.17, 15) is 4.79 Å². The molecule has 1 aromatic rings. The number of carbonyl (C=O) groups is 1. The maximum Gasteiger partial charge on any atom is 0.317 e. The van der Waals surface area contributed by atoms with Gasteiger partial charge >= 0.3 is 12.0 Å². The molecule has 0 bridgehead atoms. The Morgan fingerprint density at radius 1 is 1.71 bits per heavy atom. The van der Waals surface area contributed by atoms with Crippen LogP contribution in [0.25, 0.3) is 0 Å². The molecule has 0 saturated carbocycles. The summed E-state index contributed by atoms with van der Waals surface area (Å²) in [6.45, 7) is 0.529. The molecule has 1 aliphatic heterocycles. The molecule has 1 atom stereocenters. The van der Waals surface area contributed by atoms with Crippen molar-refractivity contribution in [2.24, 2.45) is 0 Å². The summed E-state index contributed by atoms with van der Waals surface area (Å²) in [6, 6.07) is -0.267. The monoisotopic (exact) mass is 198 g/mol. The van der Waals surface area contributed by atoms with E-state index in [-0.39, 0.29) is 24.0 Å². The number of anilines is 2. The minimum atomic E-state index is -0.389. The first kappa shape index (κ1) is 8.75. The summed E-state index contributed by atoms with van der Waals surface area (Å²) in [5, 5.41) is 11.5. The number of amides is 1. The lowest BCUT2D eigenvalue weighted by atomic mass is 10.3. The van der Waals surface area contributed by atoms with Gasteiger partial charge in [0.15, 0.2) is 0 Å². The lowest BCUT2D eigenvalue weighted by Gasteiger charge is -2.06. The summed E-state index contributed by atoms with van der Waals surface area (Å²) in [5.74, 6) is -0.135. The maximum atomic E-state index is 11.3. The number of nitrogens with two attached hydrogens (primary N) is 1. The van der Waals surface area contributed by atoms with Gasteiger partial charge in [0.05, 0.1) is 0 Å². The predicted molar refractivity (Wildman–Crippen MR) is 46.9 cm³/mol. The smallest absolute Gasteiger partial charge is 0.317 e. The first-order valence-corrected chi connectivity index (χ1v) is 4.02. The first-order chi connectivity index (χ1) is 6.65. The van der Waals surface area contributed by atoms with E-state index in [0.29, 0.717) is 6.54 Å². The van der Waals surface area contributed by atoms with E-state index in [4.69, 9.17) is 10.2 Å². The molecule has 2 rings (SSSR count). The Bertz CT molecular complexity index is 350. The highest BCUT2D eigenvalue weighted by atomic mass is 16.4. The van der Waals surface area contributed by atoms with Gasteiger partial charge in [-0.15, -0.1) is 0 Å². The minimum absolute atomic E-state index is 0.0285. The predicted octanol–water partition coefficient (Wildman–Crippen LogP) is -1.59. The van der Waals surface area contributed by atoms with E-state index in [2.05, 4.69) is 20.9 Å². The summed E-state index contributed by atoms with van der Waals surface area (Å²) in [4.78, 5) is 11.3. The zero-order chi connectivity index (χ0) is 10.1. The van der Waals surface area contributed by atoms with E-state index < -0.39 is 0 Å². The largest absolute Gasteiger partial charge is 0.390 e. The molecule has 1 amide bonds. The Labute approximate surface area is 79.4 Å². The Morgan fingerprint density at radius 2 is 2.50 bits per heavy atom. The zero-order valence-corrected chi connectivity index (χ0v) is 7.52. The van der Waals surface area contributed by atoms with Gasteiger partial charge in [0.1, 0.15) is 6.04 Å². The quantitative estimate of drug-likeness (QED) is 0.525.